The second kappa shape index (κ2) is 4.65. The summed E-state index contributed by atoms with van der Waals surface area (Å²) in [5.74, 6) is 1.40. The number of anilines is 1. The molecule has 2 rings (SSSR count). The molecule has 1 atom stereocenters. The van der Waals surface area contributed by atoms with Crippen molar-refractivity contribution < 1.29 is 4.74 Å². The molecule has 0 aliphatic carbocycles. The third-order valence-corrected chi connectivity index (χ3v) is 2.62. The van der Waals surface area contributed by atoms with Crippen molar-refractivity contribution >= 4 is 5.82 Å². The van der Waals surface area contributed by atoms with Crippen LogP contribution >= 0.6 is 0 Å². The number of hydrogen-bond acceptors (Lipinski definition) is 4. The van der Waals surface area contributed by atoms with Crippen LogP contribution in [0.15, 0.2) is 10.9 Å². The Hall–Kier alpha value is -1.36. The fourth-order valence-electron chi connectivity index (χ4n) is 1.93. The minimum Gasteiger partial charge on any atom is -0.377 e. The van der Waals surface area contributed by atoms with Gasteiger partial charge >= 0.3 is 0 Å². The highest BCUT2D eigenvalue weighted by Crippen LogP contribution is 2.13. The lowest BCUT2D eigenvalue weighted by Crippen LogP contribution is -2.32. The fraction of sp³-hybridized carbons (Fsp3) is 0.636. The van der Waals surface area contributed by atoms with E-state index in [4.69, 9.17) is 4.74 Å². The summed E-state index contributed by atoms with van der Waals surface area (Å²) in [6.07, 6.45) is 1.15. The molecule has 0 aromatic carbocycles. The van der Waals surface area contributed by atoms with E-state index in [2.05, 4.69) is 14.9 Å². The molecule has 0 amide bonds. The SMILES string of the molecule is Cc1nc(N2CCCOC(C)C2)cc(=O)[nH]1. The molecule has 5 heteroatoms. The third kappa shape index (κ3) is 2.61. The largest absolute Gasteiger partial charge is 0.377 e. The van der Waals surface area contributed by atoms with Gasteiger partial charge in [0.25, 0.3) is 5.56 Å². The van der Waals surface area contributed by atoms with Crippen molar-refractivity contribution in [1.82, 2.24) is 9.97 Å². The molecule has 0 radical (unpaired) electrons. The van der Waals surface area contributed by atoms with E-state index < -0.39 is 0 Å². The van der Waals surface area contributed by atoms with Crippen LogP contribution in [0.25, 0.3) is 0 Å². The maximum atomic E-state index is 11.4. The van der Waals surface area contributed by atoms with E-state index >= 15 is 0 Å². The lowest BCUT2D eigenvalue weighted by molar-refractivity contribution is 0.0820. The van der Waals surface area contributed by atoms with E-state index in [1.165, 1.54) is 0 Å². The van der Waals surface area contributed by atoms with Crippen LogP contribution in [-0.2, 0) is 4.74 Å². The molecular formula is C11H17N3O2. The topological polar surface area (TPSA) is 58.2 Å². The number of ether oxygens (including phenoxy) is 1. The molecule has 1 aromatic heterocycles. The summed E-state index contributed by atoms with van der Waals surface area (Å²) in [7, 11) is 0. The lowest BCUT2D eigenvalue weighted by atomic mass is 10.3. The molecule has 1 saturated heterocycles. The summed E-state index contributed by atoms with van der Waals surface area (Å²) in [6, 6.07) is 1.55. The second-order valence-corrected chi connectivity index (χ2v) is 4.17. The molecule has 0 bridgehead atoms. The molecule has 1 aliphatic rings. The number of aromatic amines is 1. The fourth-order valence-corrected chi connectivity index (χ4v) is 1.93. The van der Waals surface area contributed by atoms with Crippen LogP contribution in [0.1, 0.15) is 19.2 Å². The van der Waals surface area contributed by atoms with Crippen LogP contribution in [0, 0.1) is 6.92 Å². The average molecular weight is 223 g/mol. The Morgan fingerprint density at radius 1 is 1.62 bits per heavy atom. The summed E-state index contributed by atoms with van der Waals surface area (Å²) < 4.78 is 5.56. The van der Waals surface area contributed by atoms with Crippen molar-refractivity contribution in [2.45, 2.75) is 26.4 Å². The first kappa shape index (κ1) is 11.1. The molecule has 1 unspecified atom stereocenters. The van der Waals surface area contributed by atoms with Gasteiger partial charge in [0.05, 0.1) is 6.10 Å². The van der Waals surface area contributed by atoms with Gasteiger partial charge in [0.15, 0.2) is 0 Å². The zero-order valence-electron chi connectivity index (χ0n) is 9.69. The predicted octanol–water partition coefficient (Wildman–Crippen LogP) is 0.694. The number of nitrogens with one attached hydrogen (secondary N) is 1. The van der Waals surface area contributed by atoms with Gasteiger partial charge in [0.1, 0.15) is 11.6 Å². The van der Waals surface area contributed by atoms with Crippen LogP contribution in [-0.4, -0.2) is 35.8 Å². The quantitative estimate of drug-likeness (QED) is 0.761. The van der Waals surface area contributed by atoms with Crippen LogP contribution < -0.4 is 10.5 Å². The minimum atomic E-state index is -0.0969. The summed E-state index contributed by atoms with van der Waals surface area (Å²) in [5, 5.41) is 0. The van der Waals surface area contributed by atoms with E-state index in [-0.39, 0.29) is 11.7 Å². The molecule has 0 saturated carbocycles. The third-order valence-electron chi connectivity index (χ3n) is 2.62. The van der Waals surface area contributed by atoms with Gasteiger partial charge in [-0.3, -0.25) is 4.79 Å². The van der Waals surface area contributed by atoms with Gasteiger partial charge < -0.3 is 14.6 Å². The Kier molecular flexibility index (Phi) is 3.24. The van der Waals surface area contributed by atoms with Gasteiger partial charge in [-0.25, -0.2) is 4.98 Å². The number of aromatic nitrogens is 2. The molecule has 2 heterocycles. The summed E-state index contributed by atoms with van der Waals surface area (Å²) in [5.41, 5.74) is -0.0969. The highest BCUT2D eigenvalue weighted by atomic mass is 16.5. The van der Waals surface area contributed by atoms with Gasteiger partial charge in [0.2, 0.25) is 0 Å². The van der Waals surface area contributed by atoms with Crippen molar-refractivity contribution in [3.63, 3.8) is 0 Å². The van der Waals surface area contributed by atoms with E-state index in [1.807, 2.05) is 6.92 Å². The number of nitrogens with zero attached hydrogens (tertiary/aromatic N) is 2. The second-order valence-electron chi connectivity index (χ2n) is 4.17. The monoisotopic (exact) mass is 223 g/mol. The van der Waals surface area contributed by atoms with Crippen LogP contribution in [0.3, 0.4) is 0 Å². The Morgan fingerprint density at radius 2 is 2.44 bits per heavy atom. The van der Waals surface area contributed by atoms with Crippen LogP contribution in [0.4, 0.5) is 5.82 Å². The van der Waals surface area contributed by atoms with E-state index in [0.29, 0.717) is 5.82 Å². The van der Waals surface area contributed by atoms with Gasteiger partial charge in [0, 0.05) is 25.8 Å². The van der Waals surface area contributed by atoms with E-state index in [1.54, 1.807) is 13.0 Å². The van der Waals surface area contributed by atoms with Gasteiger partial charge in [-0.2, -0.15) is 0 Å². The highest BCUT2D eigenvalue weighted by Gasteiger charge is 2.16. The predicted molar refractivity (Wildman–Crippen MR) is 61.8 cm³/mol. The van der Waals surface area contributed by atoms with Crippen LogP contribution in [0.5, 0.6) is 0 Å². The number of rotatable bonds is 1. The minimum absolute atomic E-state index is 0.0969. The molecule has 1 aliphatic heterocycles. The van der Waals surface area contributed by atoms with Gasteiger partial charge in [-0.15, -0.1) is 0 Å². The zero-order chi connectivity index (χ0) is 11.5. The van der Waals surface area contributed by atoms with E-state index in [9.17, 15) is 4.79 Å². The molecule has 1 N–H and O–H groups in total. The van der Waals surface area contributed by atoms with Gasteiger partial charge in [-0.1, -0.05) is 0 Å². The maximum absolute atomic E-state index is 11.4. The first-order valence-electron chi connectivity index (χ1n) is 5.59. The van der Waals surface area contributed by atoms with Crippen molar-refractivity contribution in [3.8, 4) is 0 Å². The standard InChI is InChI=1S/C11H17N3O2/c1-8-7-14(4-3-5-16-8)10-6-11(15)13-9(2)12-10/h6,8H,3-5,7H2,1-2H3,(H,12,13,15). The summed E-state index contributed by atoms with van der Waals surface area (Å²) >= 11 is 0. The van der Waals surface area contributed by atoms with Crippen molar-refractivity contribution in [2.75, 3.05) is 24.6 Å². The summed E-state index contributed by atoms with van der Waals surface area (Å²) in [4.78, 5) is 20.5. The zero-order valence-corrected chi connectivity index (χ0v) is 9.69. The number of hydrogen-bond donors (Lipinski definition) is 1. The normalized spacial score (nSPS) is 21.9. The smallest absolute Gasteiger partial charge is 0.252 e. The van der Waals surface area contributed by atoms with Crippen LogP contribution in [0.2, 0.25) is 0 Å². The molecule has 88 valence electrons. The maximum Gasteiger partial charge on any atom is 0.252 e. The molecule has 1 aromatic rings. The Bertz CT molecular complexity index is 416. The molecule has 16 heavy (non-hydrogen) atoms. The van der Waals surface area contributed by atoms with Crippen molar-refractivity contribution in [2.24, 2.45) is 0 Å². The Balaban J connectivity index is 2.24. The average Bonchev–Trinajstić information content (AvgIpc) is 2.41. The van der Waals surface area contributed by atoms with Crippen molar-refractivity contribution in [1.29, 1.82) is 0 Å². The number of H-pyrrole nitrogens is 1. The highest BCUT2D eigenvalue weighted by molar-refractivity contribution is 5.37. The Morgan fingerprint density at radius 3 is 3.19 bits per heavy atom. The summed E-state index contributed by atoms with van der Waals surface area (Å²) in [6.45, 7) is 6.29. The van der Waals surface area contributed by atoms with Gasteiger partial charge in [-0.05, 0) is 20.3 Å². The first-order chi connectivity index (χ1) is 7.65. The first-order valence-corrected chi connectivity index (χ1v) is 5.59. The van der Waals surface area contributed by atoms with Crippen molar-refractivity contribution in [3.05, 3.63) is 22.2 Å². The van der Waals surface area contributed by atoms with E-state index in [0.717, 1.165) is 31.9 Å². The lowest BCUT2D eigenvalue weighted by Gasteiger charge is -2.22. The Labute approximate surface area is 94.5 Å². The number of aryl methyl sites for hydroxylation is 1. The molecule has 1 fully saturated rings. The molecule has 5 nitrogen and oxygen atoms in total. The molecule has 0 spiro atoms. The molecular weight excluding hydrogens is 206 g/mol.